The molecule has 0 N–H and O–H groups in total. The van der Waals surface area contributed by atoms with Crippen molar-refractivity contribution in [1.29, 1.82) is 0 Å². The Kier molecular flexibility index (Phi) is 4.10. The van der Waals surface area contributed by atoms with Crippen LogP contribution in [0.4, 0.5) is 4.39 Å². The van der Waals surface area contributed by atoms with Gasteiger partial charge in [0.05, 0.1) is 25.4 Å². The highest BCUT2D eigenvalue weighted by Crippen LogP contribution is 2.22. The van der Waals surface area contributed by atoms with Crippen LogP contribution < -0.4 is 0 Å². The van der Waals surface area contributed by atoms with Crippen molar-refractivity contribution in [2.24, 2.45) is 0 Å². The second-order valence-corrected chi connectivity index (χ2v) is 6.02. The van der Waals surface area contributed by atoms with E-state index in [1.807, 2.05) is 12.1 Å². The minimum absolute atomic E-state index is 0.238. The summed E-state index contributed by atoms with van der Waals surface area (Å²) < 4.78 is 21.5. The minimum Gasteiger partial charge on any atom is -0.464 e. The predicted octanol–water partition coefficient (Wildman–Crippen LogP) is 3.61. The van der Waals surface area contributed by atoms with Crippen molar-refractivity contribution in [1.82, 2.24) is 9.55 Å². The molecular weight excluding hydrogens is 398 g/mol. The van der Waals surface area contributed by atoms with E-state index in [0.717, 1.165) is 14.5 Å². The van der Waals surface area contributed by atoms with Gasteiger partial charge in [-0.2, -0.15) is 0 Å². The van der Waals surface area contributed by atoms with Gasteiger partial charge in [-0.25, -0.2) is 9.18 Å². The van der Waals surface area contributed by atoms with E-state index in [1.54, 1.807) is 29.1 Å². The smallest absolute Gasteiger partial charge is 0.354 e. The van der Waals surface area contributed by atoms with Crippen molar-refractivity contribution < 1.29 is 13.9 Å². The summed E-state index contributed by atoms with van der Waals surface area (Å²) in [6, 6.07) is 8.56. The molecule has 4 nitrogen and oxygen atoms in total. The number of benzene rings is 1. The van der Waals surface area contributed by atoms with E-state index >= 15 is 0 Å². The molecule has 2 aromatic heterocycles. The number of carbonyl (C=O) groups excluding carboxylic acids is 1. The standard InChI is InChI=1S/C16H12FIN2O2/c1-22-16(21)14-6-10-4-5-19-8-15(10)20(14)9-11-2-3-12(18)7-13(11)17/h2-8H,9H2,1H3. The highest BCUT2D eigenvalue weighted by molar-refractivity contribution is 14.1. The minimum atomic E-state index is -0.456. The van der Waals surface area contributed by atoms with E-state index in [2.05, 4.69) is 27.6 Å². The molecule has 6 heteroatoms. The lowest BCUT2D eigenvalue weighted by atomic mass is 10.2. The molecule has 0 aliphatic rings. The molecule has 0 atom stereocenters. The fourth-order valence-electron chi connectivity index (χ4n) is 2.36. The van der Waals surface area contributed by atoms with Crippen LogP contribution in [0.3, 0.4) is 0 Å². The molecule has 22 heavy (non-hydrogen) atoms. The van der Waals surface area contributed by atoms with E-state index in [-0.39, 0.29) is 12.4 Å². The lowest BCUT2D eigenvalue weighted by Crippen LogP contribution is -2.12. The molecule has 0 aliphatic carbocycles. The zero-order valence-corrected chi connectivity index (χ0v) is 13.9. The molecule has 1 aromatic carbocycles. The van der Waals surface area contributed by atoms with Gasteiger partial charge in [-0.15, -0.1) is 0 Å². The topological polar surface area (TPSA) is 44.1 Å². The largest absolute Gasteiger partial charge is 0.464 e. The normalized spacial score (nSPS) is 10.9. The maximum Gasteiger partial charge on any atom is 0.354 e. The molecule has 0 saturated carbocycles. The molecule has 0 saturated heterocycles. The number of methoxy groups -OCH3 is 1. The quantitative estimate of drug-likeness (QED) is 0.490. The van der Waals surface area contributed by atoms with Crippen LogP contribution in [0.2, 0.25) is 0 Å². The average Bonchev–Trinajstić information content (AvgIpc) is 2.88. The monoisotopic (exact) mass is 410 g/mol. The number of fused-ring (bicyclic) bond motifs is 1. The third-order valence-corrected chi connectivity index (χ3v) is 4.12. The average molecular weight is 410 g/mol. The van der Waals surface area contributed by atoms with E-state index in [9.17, 15) is 9.18 Å². The molecule has 3 rings (SSSR count). The second kappa shape index (κ2) is 6.04. The molecule has 2 heterocycles. The molecule has 0 aliphatic heterocycles. The molecule has 3 aromatic rings. The van der Waals surface area contributed by atoms with Crippen molar-refractivity contribution in [2.45, 2.75) is 6.54 Å². The Labute approximate surface area is 140 Å². The van der Waals surface area contributed by atoms with Crippen molar-refractivity contribution in [2.75, 3.05) is 7.11 Å². The summed E-state index contributed by atoms with van der Waals surface area (Å²) in [5.74, 6) is -0.754. The first-order valence-electron chi connectivity index (χ1n) is 6.55. The van der Waals surface area contributed by atoms with Crippen molar-refractivity contribution in [3.63, 3.8) is 0 Å². The van der Waals surface area contributed by atoms with Gasteiger partial charge in [-0.05, 0) is 46.9 Å². The molecular formula is C16H12FIN2O2. The zero-order valence-electron chi connectivity index (χ0n) is 11.7. The van der Waals surface area contributed by atoms with E-state index in [4.69, 9.17) is 4.74 Å². The summed E-state index contributed by atoms with van der Waals surface area (Å²) >= 11 is 2.06. The van der Waals surface area contributed by atoms with Crippen LogP contribution in [0.15, 0.2) is 42.7 Å². The Morgan fingerprint density at radius 3 is 2.91 bits per heavy atom. The van der Waals surface area contributed by atoms with Crippen LogP contribution in [0.5, 0.6) is 0 Å². The third kappa shape index (κ3) is 2.70. The second-order valence-electron chi connectivity index (χ2n) is 4.78. The van der Waals surface area contributed by atoms with Gasteiger partial charge in [0.1, 0.15) is 11.5 Å². The van der Waals surface area contributed by atoms with Gasteiger partial charge in [0.15, 0.2) is 0 Å². The number of hydrogen-bond acceptors (Lipinski definition) is 3. The van der Waals surface area contributed by atoms with Gasteiger partial charge < -0.3 is 9.30 Å². The highest BCUT2D eigenvalue weighted by atomic mass is 127. The summed E-state index contributed by atoms with van der Waals surface area (Å²) in [5.41, 5.74) is 1.65. The molecule has 112 valence electrons. The fraction of sp³-hybridized carbons (Fsp3) is 0.125. The number of halogens is 2. The van der Waals surface area contributed by atoms with E-state index in [1.165, 1.54) is 13.2 Å². The van der Waals surface area contributed by atoms with Crippen LogP contribution in [0.25, 0.3) is 10.9 Å². The summed E-state index contributed by atoms with van der Waals surface area (Å²) in [5, 5.41) is 0.862. The molecule has 0 spiro atoms. The Bertz CT molecular complexity index is 860. The predicted molar refractivity (Wildman–Crippen MR) is 89.3 cm³/mol. The number of pyridine rings is 1. The Morgan fingerprint density at radius 1 is 1.36 bits per heavy atom. The Balaban J connectivity index is 2.14. The summed E-state index contributed by atoms with van der Waals surface area (Å²) in [6.07, 6.45) is 3.31. The van der Waals surface area contributed by atoms with Crippen molar-refractivity contribution in [3.05, 3.63) is 63.4 Å². The first-order valence-corrected chi connectivity index (χ1v) is 7.63. The number of rotatable bonds is 3. The first kappa shape index (κ1) is 15.0. The van der Waals surface area contributed by atoms with Crippen molar-refractivity contribution in [3.8, 4) is 0 Å². The number of ether oxygens (including phenoxy) is 1. The molecule has 0 amide bonds. The highest BCUT2D eigenvalue weighted by Gasteiger charge is 2.17. The number of nitrogens with zero attached hydrogens (tertiary/aromatic N) is 2. The van der Waals surface area contributed by atoms with Gasteiger partial charge in [0.2, 0.25) is 0 Å². The van der Waals surface area contributed by atoms with Gasteiger partial charge in [0.25, 0.3) is 0 Å². The summed E-state index contributed by atoms with van der Waals surface area (Å²) in [4.78, 5) is 16.1. The van der Waals surface area contributed by atoms with Gasteiger partial charge in [-0.1, -0.05) is 6.07 Å². The van der Waals surface area contributed by atoms with E-state index < -0.39 is 5.97 Å². The molecule has 0 bridgehead atoms. The fourth-order valence-corrected chi connectivity index (χ4v) is 2.82. The summed E-state index contributed by atoms with van der Waals surface area (Å²) in [6.45, 7) is 0.238. The lowest BCUT2D eigenvalue weighted by Gasteiger charge is -2.10. The Morgan fingerprint density at radius 2 is 2.18 bits per heavy atom. The SMILES string of the molecule is COC(=O)c1cc2ccncc2n1Cc1ccc(I)cc1F. The number of hydrogen-bond donors (Lipinski definition) is 0. The first-order chi connectivity index (χ1) is 10.6. The van der Waals surface area contributed by atoms with Crippen LogP contribution in [0.1, 0.15) is 16.1 Å². The van der Waals surface area contributed by atoms with Gasteiger partial charge in [0, 0.05) is 20.7 Å². The Hall–Kier alpha value is -1.96. The third-order valence-electron chi connectivity index (χ3n) is 3.44. The van der Waals surface area contributed by atoms with Gasteiger partial charge >= 0.3 is 5.97 Å². The molecule has 0 unspecified atom stereocenters. The van der Waals surface area contributed by atoms with Crippen molar-refractivity contribution >= 4 is 39.5 Å². The maximum atomic E-state index is 14.1. The van der Waals surface area contributed by atoms with Crippen LogP contribution in [0, 0.1) is 9.39 Å². The van der Waals surface area contributed by atoms with E-state index in [0.29, 0.717) is 11.3 Å². The zero-order chi connectivity index (χ0) is 15.7. The summed E-state index contributed by atoms with van der Waals surface area (Å²) in [7, 11) is 1.33. The maximum absolute atomic E-state index is 14.1. The molecule has 0 radical (unpaired) electrons. The molecule has 0 fully saturated rings. The number of esters is 1. The van der Waals surface area contributed by atoms with Crippen LogP contribution in [-0.4, -0.2) is 22.6 Å². The van der Waals surface area contributed by atoms with Gasteiger partial charge in [-0.3, -0.25) is 4.98 Å². The van der Waals surface area contributed by atoms with Crippen LogP contribution >= 0.6 is 22.6 Å². The van der Waals surface area contributed by atoms with Crippen LogP contribution in [-0.2, 0) is 11.3 Å². The number of aromatic nitrogens is 2. The lowest BCUT2D eigenvalue weighted by molar-refractivity contribution is 0.0589. The number of carbonyl (C=O) groups is 1.